The van der Waals surface area contributed by atoms with Crippen LogP contribution >= 0.6 is 0 Å². The maximum atomic E-state index is 12.5. The van der Waals surface area contributed by atoms with Crippen molar-refractivity contribution in [1.29, 1.82) is 0 Å². The van der Waals surface area contributed by atoms with E-state index in [1.807, 2.05) is 35.2 Å². The molecule has 0 spiro atoms. The molecule has 27 heavy (non-hydrogen) atoms. The van der Waals surface area contributed by atoms with E-state index in [9.17, 15) is 4.79 Å². The predicted octanol–water partition coefficient (Wildman–Crippen LogP) is 2.49. The highest BCUT2D eigenvalue weighted by Gasteiger charge is 2.40. The monoisotopic (exact) mass is 373 g/mol. The van der Waals surface area contributed by atoms with Crippen LogP contribution in [0.2, 0.25) is 0 Å². The third-order valence-electron chi connectivity index (χ3n) is 5.20. The smallest absolute Gasteiger partial charge is 0.248 e. The standard InChI is InChI=1S/C20H27N3O4/c1-16-21-19(22-27-16)20(10-13-25-2)8-11-23(12-9-20)18(24)15-26-14-17-6-4-3-5-7-17/h3-7H,8-15H2,1-2H3. The molecule has 7 nitrogen and oxygen atoms in total. The molecule has 0 bridgehead atoms. The number of ether oxygens (including phenoxy) is 2. The Kier molecular flexibility index (Phi) is 6.58. The molecule has 0 unspecified atom stereocenters. The number of amides is 1. The molecule has 0 aliphatic carbocycles. The van der Waals surface area contributed by atoms with Gasteiger partial charge in [-0.1, -0.05) is 35.5 Å². The van der Waals surface area contributed by atoms with Gasteiger partial charge in [0.25, 0.3) is 0 Å². The van der Waals surface area contributed by atoms with Crippen molar-refractivity contribution in [2.45, 2.75) is 38.2 Å². The molecular formula is C20H27N3O4. The van der Waals surface area contributed by atoms with E-state index in [4.69, 9.17) is 14.0 Å². The highest BCUT2D eigenvalue weighted by molar-refractivity contribution is 5.77. The van der Waals surface area contributed by atoms with Crippen molar-refractivity contribution < 1.29 is 18.8 Å². The van der Waals surface area contributed by atoms with E-state index in [2.05, 4.69) is 10.1 Å². The lowest BCUT2D eigenvalue weighted by molar-refractivity contribution is -0.138. The van der Waals surface area contributed by atoms with Crippen LogP contribution in [-0.4, -0.2) is 54.4 Å². The molecule has 0 radical (unpaired) electrons. The molecule has 0 N–H and O–H groups in total. The average molecular weight is 373 g/mol. The highest BCUT2D eigenvalue weighted by atomic mass is 16.5. The fraction of sp³-hybridized carbons (Fsp3) is 0.550. The van der Waals surface area contributed by atoms with Crippen LogP contribution in [0.3, 0.4) is 0 Å². The first kappa shape index (κ1) is 19.5. The summed E-state index contributed by atoms with van der Waals surface area (Å²) >= 11 is 0. The van der Waals surface area contributed by atoms with E-state index < -0.39 is 0 Å². The second-order valence-electron chi connectivity index (χ2n) is 7.02. The highest BCUT2D eigenvalue weighted by Crippen LogP contribution is 2.37. The first-order chi connectivity index (χ1) is 13.1. The molecule has 1 saturated heterocycles. The van der Waals surface area contributed by atoms with Crippen molar-refractivity contribution in [3.8, 4) is 0 Å². The molecule has 1 amide bonds. The van der Waals surface area contributed by atoms with Gasteiger partial charge >= 0.3 is 0 Å². The Morgan fingerprint density at radius 3 is 2.63 bits per heavy atom. The van der Waals surface area contributed by atoms with Crippen LogP contribution in [-0.2, 0) is 26.3 Å². The summed E-state index contributed by atoms with van der Waals surface area (Å²) in [6, 6.07) is 9.86. The molecule has 146 valence electrons. The van der Waals surface area contributed by atoms with Gasteiger partial charge in [-0.2, -0.15) is 4.98 Å². The Hall–Kier alpha value is -2.25. The van der Waals surface area contributed by atoms with Crippen LogP contribution in [0.4, 0.5) is 0 Å². The lowest BCUT2D eigenvalue weighted by Crippen LogP contribution is -2.47. The summed E-state index contributed by atoms with van der Waals surface area (Å²) in [6.07, 6.45) is 2.40. The third kappa shape index (κ3) is 4.93. The average Bonchev–Trinajstić information content (AvgIpc) is 3.14. The van der Waals surface area contributed by atoms with Crippen LogP contribution in [0, 0.1) is 6.92 Å². The zero-order valence-electron chi connectivity index (χ0n) is 16.0. The van der Waals surface area contributed by atoms with Gasteiger partial charge in [0.2, 0.25) is 11.8 Å². The fourth-order valence-corrected chi connectivity index (χ4v) is 3.50. The minimum atomic E-state index is -0.199. The molecule has 7 heteroatoms. The molecular weight excluding hydrogens is 346 g/mol. The number of carbonyl (C=O) groups excluding carboxylic acids is 1. The van der Waals surface area contributed by atoms with Crippen LogP contribution in [0.15, 0.2) is 34.9 Å². The quantitative estimate of drug-likeness (QED) is 0.707. The molecule has 0 saturated carbocycles. The van der Waals surface area contributed by atoms with Crippen molar-refractivity contribution in [2.75, 3.05) is 33.4 Å². The van der Waals surface area contributed by atoms with Gasteiger partial charge in [-0.05, 0) is 24.8 Å². The van der Waals surface area contributed by atoms with Crippen molar-refractivity contribution >= 4 is 5.91 Å². The zero-order chi connectivity index (χ0) is 19.1. The summed E-state index contributed by atoms with van der Waals surface area (Å²) < 4.78 is 16.1. The topological polar surface area (TPSA) is 77.7 Å². The van der Waals surface area contributed by atoms with Gasteiger partial charge in [0.1, 0.15) is 6.61 Å². The number of hydrogen-bond donors (Lipinski definition) is 0. The van der Waals surface area contributed by atoms with Gasteiger partial charge in [0, 0.05) is 39.1 Å². The summed E-state index contributed by atoms with van der Waals surface area (Å²) in [5, 5.41) is 4.15. The van der Waals surface area contributed by atoms with Gasteiger partial charge in [-0.15, -0.1) is 0 Å². The lowest BCUT2D eigenvalue weighted by atomic mass is 9.75. The largest absolute Gasteiger partial charge is 0.385 e. The van der Waals surface area contributed by atoms with Gasteiger partial charge < -0.3 is 18.9 Å². The van der Waals surface area contributed by atoms with Crippen LogP contribution < -0.4 is 0 Å². The number of hydrogen-bond acceptors (Lipinski definition) is 6. The molecule has 3 rings (SSSR count). The maximum Gasteiger partial charge on any atom is 0.248 e. The number of nitrogens with zero attached hydrogens (tertiary/aromatic N) is 3. The zero-order valence-corrected chi connectivity index (χ0v) is 16.0. The molecule has 1 aromatic carbocycles. The Morgan fingerprint density at radius 1 is 1.26 bits per heavy atom. The second-order valence-corrected chi connectivity index (χ2v) is 7.02. The van der Waals surface area contributed by atoms with E-state index in [1.54, 1.807) is 14.0 Å². The Morgan fingerprint density at radius 2 is 2.00 bits per heavy atom. The van der Waals surface area contributed by atoms with Crippen molar-refractivity contribution in [3.05, 3.63) is 47.6 Å². The molecule has 1 aliphatic rings. The number of aryl methyl sites for hydroxylation is 1. The summed E-state index contributed by atoms with van der Waals surface area (Å²) in [5.41, 5.74) is 0.866. The summed E-state index contributed by atoms with van der Waals surface area (Å²) in [7, 11) is 1.69. The molecule has 1 fully saturated rings. The second kappa shape index (κ2) is 9.10. The number of methoxy groups -OCH3 is 1. The number of piperidine rings is 1. The number of carbonyl (C=O) groups is 1. The summed E-state index contributed by atoms with van der Waals surface area (Å²) in [6.45, 7) is 4.28. The van der Waals surface area contributed by atoms with Gasteiger partial charge in [0.05, 0.1) is 6.61 Å². The number of rotatable bonds is 8. The van der Waals surface area contributed by atoms with E-state index in [0.29, 0.717) is 32.2 Å². The summed E-state index contributed by atoms with van der Waals surface area (Å²) in [4.78, 5) is 18.8. The molecule has 1 aromatic heterocycles. The molecule has 0 atom stereocenters. The van der Waals surface area contributed by atoms with Gasteiger partial charge in [-0.25, -0.2) is 0 Å². The molecule has 1 aliphatic heterocycles. The maximum absolute atomic E-state index is 12.5. The minimum Gasteiger partial charge on any atom is -0.385 e. The van der Waals surface area contributed by atoms with E-state index >= 15 is 0 Å². The van der Waals surface area contributed by atoms with Crippen LogP contribution in [0.5, 0.6) is 0 Å². The van der Waals surface area contributed by atoms with Crippen molar-refractivity contribution in [2.24, 2.45) is 0 Å². The number of aromatic nitrogens is 2. The Balaban J connectivity index is 1.53. The van der Waals surface area contributed by atoms with Crippen LogP contribution in [0.25, 0.3) is 0 Å². The van der Waals surface area contributed by atoms with Crippen molar-refractivity contribution in [1.82, 2.24) is 15.0 Å². The normalized spacial score (nSPS) is 16.4. The van der Waals surface area contributed by atoms with E-state index in [1.165, 1.54) is 0 Å². The Labute approximate surface area is 159 Å². The third-order valence-corrected chi connectivity index (χ3v) is 5.20. The minimum absolute atomic E-state index is 0.0237. The first-order valence-corrected chi connectivity index (χ1v) is 9.32. The van der Waals surface area contributed by atoms with Crippen LogP contribution in [0.1, 0.15) is 36.5 Å². The Bertz CT molecular complexity index is 724. The summed E-state index contributed by atoms with van der Waals surface area (Å²) in [5.74, 6) is 1.31. The molecule has 2 aromatic rings. The van der Waals surface area contributed by atoms with E-state index in [0.717, 1.165) is 30.7 Å². The van der Waals surface area contributed by atoms with Gasteiger partial charge in [-0.3, -0.25) is 4.79 Å². The van der Waals surface area contributed by atoms with Gasteiger partial charge in [0.15, 0.2) is 5.82 Å². The molecule has 2 heterocycles. The predicted molar refractivity (Wildman–Crippen MR) is 99.1 cm³/mol. The lowest BCUT2D eigenvalue weighted by Gasteiger charge is -2.39. The first-order valence-electron chi connectivity index (χ1n) is 9.32. The van der Waals surface area contributed by atoms with Crippen molar-refractivity contribution in [3.63, 3.8) is 0 Å². The number of likely N-dealkylation sites (tertiary alicyclic amines) is 1. The number of benzene rings is 1. The SMILES string of the molecule is COCCC1(c2noc(C)n2)CCN(C(=O)COCc2ccccc2)CC1. The fourth-order valence-electron chi connectivity index (χ4n) is 3.50. The van der Waals surface area contributed by atoms with E-state index in [-0.39, 0.29) is 17.9 Å².